The first-order valence-electron chi connectivity index (χ1n) is 9.03. The van der Waals surface area contributed by atoms with Gasteiger partial charge in [-0.15, -0.1) is 0 Å². The van der Waals surface area contributed by atoms with Gasteiger partial charge in [-0.1, -0.05) is 42.5 Å². The molecular formula is C22H21N5. The van der Waals surface area contributed by atoms with Crippen molar-refractivity contribution in [3.63, 3.8) is 0 Å². The smallest absolute Gasteiger partial charge is 0.138 e. The van der Waals surface area contributed by atoms with Crippen molar-refractivity contribution in [3.8, 4) is 5.69 Å². The summed E-state index contributed by atoms with van der Waals surface area (Å²) in [7, 11) is 0. The molecule has 4 aromatic rings. The van der Waals surface area contributed by atoms with Gasteiger partial charge in [-0.25, -0.2) is 14.6 Å². The van der Waals surface area contributed by atoms with Crippen molar-refractivity contribution >= 4 is 5.82 Å². The normalized spacial score (nSPS) is 10.7. The standard InChI is InChI=1S/C22H21N5/c1-2-4-18(5-3-1)6-7-19-12-13-24-22(14-19)25-15-20-8-10-21(11-9-20)27-17-23-16-26-27/h1-5,8-14,16-17H,6-7,15H2,(H,24,25). The fourth-order valence-electron chi connectivity index (χ4n) is 2.96. The van der Waals surface area contributed by atoms with Crippen LogP contribution in [0.3, 0.4) is 0 Å². The highest BCUT2D eigenvalue weighted by Crippen LogP contribution is 2.13. The van der Waals surface area contributed by atoms with Crippen LogP contribution in [0.5, 0.6) is 0 Å². The number of hydrogen-bond donors (Lipinski definition) is 1. The third-order valence-electron chi connectivity index (χ3n) is 4.46. The van der Waals surface area contributed by atoms with Crippen molar-refractivity contribution in [3.05, 3.63) is 102 Å². The second-order valence-electron chi connectivity index (χ2n) is 6.39. The number of pyridine rings is 1. The van der Waals surface area contributed by atoms with Crippen molar-refractivity contribution in [2.75, 3.05) is 5.32 Å². The molecular weight excluding hydrogens is 334 g/mol. The Labute approximate surface area is 158 Å². The molecule has 0 saturated carbocycles. The van der Waals surface area contributed by atoms with Gasteiger partial charge in [-0.05, 0) is 53.8 Å². The van der Waals surface area contributed by atoms with Crippen molar-refractivity contribution in [2.45, 2.75) is 19.4 Å². The van der Waals surface area contributed by atoms with Crippen LogP contribution in [0.25, 0.3) is 5.69 Å². The second-order valence-corrected chi connectivity index (χ2v) is 6.39. The van der Waals surface area contributed by atoms with Crippen molar-refractivity contribution in [1.82, 2.24) is 19.7 Å². The largest absolute Gasteiger partial charge is 0.366 e. The van der Waals surface area contributed by atoms with Crippen LogP contribution in [-0.2, 0) is 19.4 Å². The highest BCUT2D eigenvalue weighted by atomic mass is 15.3. The molecule has 0 bridgehead atoms. The first-order valence-corrected chi connectivity index (χ1v) is 9.03. The Morgan fingerprint density at radius 3 is 2.41 bits per heavy atom. The van der Waals surface area contributed by atoms with E-state index in [9.17, 15) is 0 Å². The zero-order valence-corrected chi connectivity index (χ0v) is 15.0. The molecule has 134 valence electrons. The third-order valence-corrected chi connectivity index (χ3v) is 4.46. The lowest BCUT2D eigenvalue weighted by Crippen LogP contribution is -2.03. The SMILES string of the molecule is c1ccc(CCc2ccnc(NCc3ccc(-n4cncn4)cc3)c2)cc1. The number of aromatic nitrogens is 4. The highest BCUT2D eigenvalue weighted by Gasteiger charge is 2.01. The Balaban J connectivity index is 1.34. The van der Waals surface area contributed by atoms with Gasteiger partial charge in [-0.3, -0.25) is 0 Å². The lowest BCUT2D eigenvalue weighted by atomic mass is 10.1. The van der Waals surface area contributed by atoms with E-state index in [1.165, 1.54) is 23.0 Å². The monoisotopic (exact) mass is 355 g/mol. The van der Waals surface area contributed by atoms with Crippen molar-refractivity contribution in [2.24, 2.45) is 0 Å². The molecule has 0 radical (unpaired) electrons. The van der Waals surface area contributed by atoms with Gasteiger partial charge in [0.05, 0.1) is 5.69 Å². The Morgan fingerprint density at radius 2 is 1.63 bits per heavy atom. The van der Waals surface area contributed by atoms with E-state index in [2.05, 4.69) is 75.0 Å². The topological polar surface area (TPSA) is 55.6 Å². The molecule has 0 aliphatic rings. The summed E-state index contributed by atoms with van der Waals surface area (Å²) in [6, 6.07) is 23.0. The maximum atomic E-state index is 4.43. The first-order chi connectivity index (χ1) is 13.4. The molecule has 0 aliphatic heterocycles. The fourth-order valence-corrected chi connectivity index (χ4v) is 2.96. The quantitative estimate of drug-likeness (QED) is 0.543. The molecule has 5 heteroatoms. The van der Waals surface area contributed by atoms with Gasteiger partial charge in [0, 0.05) is 12.7 Å². The number of nitrogens with zero attached hydrogens (tertiary/aromatic N) is 4. The van der Waals surface area contributed by atoms with E-state index < -0.39 is 0 Å². The molecule has 2 aromatic heterocycles. The Morgan fingerprint density at radius 1 is 0.815 bits per heavy atom. The van der Waals surface area contributed by atoms with E-state index in [0.717, 1.165) is 30.9 Å². The molecule has 0 aliphatic carbocycles. The van der Waals surface area contributed by atoms with E-state index in [1.807, 2.05) is 18.3 Å². The summed E-state index contributed by atoms with van der Waals surface area (Å²) < 4.78 is 1.75. The predicted octanol–water partition coefficient (Wildman–Crippen LogP) is 4.06. The lowest BCUT2D eigenvalue weighted by Gasteiger charge is -2.09. The van der Waals surface area contributed by atoms with Crippen LogP contribution in [0.2, 0.25) is 0 Å². The highest BCUT2D eigenvalue weighted by molar-refractivity contribution is 5.40. The number of aryl methyl sites for hydroxylation is 2. The number of hydrogen-bond acceptors (Lipinski definition) is 4. The number of rotatable bonds is 7. The van der Waals surface area contributed by atoms with Crippen molar-refractivity contribution in [1.29, 1.82) is 0 Å². The maximum Gasteiger partial charge on any atom is 0.138 e. The molecule has 0 spiro atoms. The van der Waals surface area contributed by atoms with Gasteiger partial charge in [0.25, 0.3) is 0 Å². The van der Waals surface area contributed by atoms with Gasteiger partial charge < -0.3 is 5.32 Å². The number of anilines is 1. The molecule has 5 nitrogen and oxygen atoms in total. The first kappa shape index (κ1) is 17.0. The minimum absolute atomic E-state index is 0.729. The average Bonchev–Trinajstić information content (AvgIpc) is 3.27. The van der Waals surface area contributed by atoms with E-state index >= 15 is 0 Å². The Bertz CT molecular complexity index is 963. The molecule has 27 heavy (non-hydrogen) atoms. The number of benzene rings is 2. The molecule has 0 atom stereocenters. The molecule has 0 unspecified atom stereocenters. The van der Waals surface area contributed by atoms with Crippen LogP contribution in [0.15, 0.2) is 85.6 Å². The van der Waals surface area contributed by atoms with Gasteiger partial charge in [0.15, 0.2) is 0 Å². The Hall–Kier alpha value is -3.47. The van der Waals surface area contributed by atoms with Gasteiger partial charge in [0.1, 0.15) is 18.5 Å². The van der Waals surface area contributed by atoms with E-state index in [0.29, 0.717) is 0 Å². The second kappa shape index (κ2) is 8.27. The summed E-state index contributed by atoms with van der Waals surface area (Å²) in [4.78, 5) is 8.40. The van der Waals surface area contributed by atoms with Gasteiger partial charge >= 0.3 is 0 Å². The summed E-state index contributed by atoms with van der Waals surface area (Å²) in [5.74, 6) is 0.904. The molecule has 0 fully saturated rings. The molecule has 2 aromatic carbocycles. The lowest BCUT2D eigenvalue weighted by molar-refractivity contribution is 0.877. The molecule has 4 rings (SSSR count). The Kier molecular flexibility index (Phi) is 5.20. The summed E-state index contributed by atoms with van der Waals surface area (Å²) in [5, 5.41) is 7.55. The van der Waals surface area contributed by atoms with Crippen molar-refractivity contribution < 1.29 is 0 Å². The minimum atomic E-state index is 0.729. The summed E-state index contributed by atoms with van der Waals surface area (Å²) >= 11 is 0. The van der Waals surface area contributed by atoms with E-state index in [-0.39, 0.29) is 0 Å². The van der Waals surface area contributed by atoms with Crippen LogP contribution in [0, 0.1) is 0 Å². The van der Waals surface area contributed by atoms with Crippen LogP contribution in [0.1, 0.15) is 16.7 Å². The van der Waals surface area contributed by atoms with E-state index in [1.54, 1.807) is 11.0 Å². The van der Waals surface area contributed by atoms with Crippen LogP contribution in [-0.4, -0.2) is 19.7 Å². The third kappa shape index (κ3) is 4.58. The molecule has 2 heterocycles. The van der Waals surface area contributed by atoms with Gasteiger partial charge in [-0.2, -0.15) is 5.10 Å². The van der Waals surface area contributed by atoms with Crippen LogP contribution >= 0.6 is 0 Å². The molecule has 0 amide bonds. The molecule has 0 saturated heterocycles. The van der Waals surface area contributed by atoms with Gasteiger partial charge in [0.2, 0.25) is 0 Å². The van der Waals surface area contributed by atoms with Crippen LogP contribution in [0.4, 0.5) is 5.82 Å². The summed E-state index contributed by atoms with van der Waals surface area (Å²) in [6.45, 7) is 0.729. The molecule has 1 N–H and O–H groups in total. The number of nitrogens with one attached hydrogen (secondary N) is 1. The predicted molar refractivity (Wildman–Crippen MR) is 107 cm³/mol. The average molecular weight is 355 g/mol. The summed E-state index contributed by atoms with van der Waals surface area (Å²) in [5.41, 5.74) is 4.84. The van der Waals surface area contributed by atoms with Crippen LogP contribution < -0.4 is 5.32 Å². The zero-order chi connectivity index (χ0) is 18.3. The fraction of sp³-hybridized carbons (Fsp3) is 0.136. The minimum Gasteiger partial charge on any atom is -0.366 e. The maximum absolute atomic E-state index is 4.43. The van der Waals surface area contributed by atoms with E-state index in [4.69, 9.17) is 0 Å². The summed E-state index contributed by atoms with van der Waals surface area (Å²) in [6.07, 6.45) is 7.14. The zero-order valence-electron chi connectivity index (χ0n) is 15.0.